The summed E-state index contributed by atoms with van der Waals surface area (Å²) in [6.07, 6.45) is 2.31. The molecular formula is C33H32N4O3. The Kier molecular flexibility index (Phi) is 7.19. The second-order valence-electron chi connectivity index (χ2n) is 10.3. The first kappa shape index (κ1) is 25.6. The maximum atomic E-state index is 13.5. The largest absolute Gasteiger partial charge is 0.455 e. The molecule has 1 fully saturated rings. The SMILES string of the molecule is Cc1c(C(=O)N2CCN(c3ccccc3)CC2)oc2c1/C(=N/NC(=O)c1ccc(-c3ccccc3)cc1)CCC2. The molecule has 0 bridgehead atoms. The highest BCUT2D eigenvalue weighted by Gasteiger charge is 2.31. The van der Waals surface area contributed by atoms with Crippen LogP contribution in [0.1, 0.15) is 50.6 Å². The van der Waals surface area contributed by atoms with Gasteiger partial charge in [-0.1, -0.05) is 60.7 Å². The molecule has 0 atom stereocenters. The van der Waals surface area contributed by atoms with Crippen molar-refractivity contribution in [3.63, 3.8) is 0 Å². The number of nitrogens with one attached hydrogen (secondary N) is 1. The number of piperazine rings is 1. The fourth-order valence-corrected chi connectivity index (χ4v) is 5.56. The summed E-state index contributed by atoms with van der Waals surface area (Å²) in [5.41, 5.74) is 9.00. The summed E-state index contributed by atoms with van der Waals surface area (Å²) in [7, 11) is 0. The number of para-hydroxylation sites is 1. The average Bonchev–Trinajstić information content (AvgIpc) is 3.37. The third kappa shape index (κ3) is 5.15. The fourth-order valence-electron chi connectivity index (χ4n) is 5.56. The molecule has 1 aliphatic carbocycles. The highest BCUT2D eigenvalue weighted by Crippen LogP contribution is 2.31. The lowest BCUT2D eigenvalue weighted by molar-refractivity contribution is 0.0711. The minimum absolute atomic E-state index is 0.0819. The number of fused-ring (bicyclic) bond motifs is 1. The third-order valence-electron chi connectivity index (χ3n) is 7.75. The molecule has 1 aromatic heterocycles. The van der Waals surface area contributed by atoms with E-state index in [2.05, 4.69) is 27.6 Å². The average molecular weight is 533 g/mol. The van der Waals surface area contributed by atoms with Crippen LogP contribution in [0.4, 0.5) is 5.69 Å². The smallest absolute Gasteiger partial charge is 0.289 e. The van der Waals surface area contributed by atoms with Gasteiger partial charge >= 0.3 is 0 Å². The Balaban J connectivity index is 1.14. The zero-order valence-electron chi connectivity index (χ0n) is 22.6. The van der Waals surface area contributed by atoms with Crippen molar-refractivity contribution in [2.45, 2.75) is 26.2 Å². The Bertz CT molecular complexity index is 1530. The molecule has 40 heavy (non-hydrogen) atoms. The molecule has 7 heteroatoms. The number of furan rings is 1. The van der Waals surface area contributed by atoms with Crippen LogP contribution in [-0.2, 0) is 6.42 Å². The standard InChI is InChI=1S/C33H32N4O3/c1-23-30-28(34-35-32(38)26-17-15-25(16-18-26)24-9-4-2-5-10-24)13-8-14-29(30)40-31(23)33(39)37-21-19-36(20-22-37)27-11-6-3-7-12-27/h2-7,9-12,15-18H,8,13-14,19-22H2,1H3,(H,35,38)/b34-28+. The van der Waals surface area contributed by atoms with E-state index in [9.17, 15) is 9.59 Å². The predicted octanol–water partition coefficient (Wildman–Crippen LogP) is 5.69. The summed E-state index contributed by atoms with van der Waals surface area (Å²) in [5, 5.41) is 4.50. The molecule has 4 aromatic rings. The van der Waals surface area contributed by atoms with Crippen LogP contribution in [0.15, 0.2) is 94.4 Å². The Morgan fingerprint density at radius 2 is 1.45 bits per heavy atom. The molecular weight excluding hydrogens is 500 g/mol. The van der Waals surface area contributed by atoms with Gasteiger partial charge in [0, 0.05) is 55.0 Å². The molecule has 2 aliphatic rings. The molecule has 0 saturated carbocycles. The molecule has 202 valence electrons. The van der Waals surface area contributed by atoms with Gasteiger partial charge < -0.3 is 14.2 Å². The van der Waals surface area contributed by atoms with Crippen LogP contribution < -0.4 is 10.3 Å². The van der Waals surface area contributed by atoms with Gasteiger partial charge in [0.15, 0.2) is 5.76 Å². The molecule has 6 rings (SSSR count). The van der Waals surface area contributed by atoms with E-state index < -0.39 is 0 Å². The van der Waals surface area contributed by atoms with Gasteiger partial charge in [-0.2, -0.15) is 5.10 Å². The highest BCUT2D eigenvalue weighted by atomic mass is 16.4. The molecule has 1 aliphatic heterocycles. The monoisotopic (exact) mass is 532 g/mol. The Morgan fingerprint density at radius 1 is 0.800 bits per heavy atom. The van der Waals surface area contributed by atoms with Crippen molar-refractivity contribution < 1.29 is 14.0 Å². The van der Waals surface area contributed by atoms with Gasteiger partial charge in [-0.05, 0) is 55.2 Å². The number of hydrogen-bond donors (Lipinski definition) is 1. The number of carbonyl (C=O) groups excluding carboxylic acids is 2. The molecule has 7 nitrogen and oxygen atoms in total. The lowest BCUT2D eigenvalue weighted by Gasteiger charge is -2.35. The second-order valence-corrected chi connectivity index (χ2v) is 10.3. The number of hydrazone groups is 1. The number of aryl methyl sites for hydroxylation is 1. The molecule has 2 amide bonds. The van der Waals surface area contributed by atoms with Gasteiger partial charge in [-0.3, -0.25) is 9.59 Å². The Hall–Kier alpha value is -4.65. The van der Waals surface area contributed by atoms with Crippen LogP contribution in [0.3, 0.4) is 0 Å². The number of amides is 2. The van der Waals surface area contributed by atoms with E-state index >= 15 is 0 Å². The molecule has 1 saturated heterocycles. The summed E-state index contributed by atoms with van der Waals surface area (Å²) in [6.45, 7) is 4.75. The second kappa shape index (κ2) is 11.2. The van der Waals surface area contributed by atoms with E-state index in [1.807, 2.05) is 84.6 Å². The molecule has 0 radical (unpaired) electrons. The van der Waals surface area contributed by atoms with Crippen molar-refractivity contribution >= 4 is 23.2 Å². The van der Waals surface area contributed by atoms with Crippen LogP contribution in [0.2, 0.25) is 0 Å². The number of carbonyl (C=O) groups is 2. The van der Waals surface area contributed by atoms with Gasteiger partial charge in [0.05, 0.1) is 5.71 Å². The van der Waals surface area contributed by atoms with Crippen molar-refractivity contribution in [3.8, 4) is 11.1 Å². The zero-order chi connectivity index (χ0) is 27.5. The van der Waals surface area contributed by atoms with Gasteiger partial charge in [-0.15, -0.1) is 0 Å². The Morgan fingerprint density at radius 3 is 2.15 bits per heavy atom. The van der Waals surface area contributed by atoms with E-state index in [4.69, 9.17) is 4.42 Å². The van der Waals surface area contributed by atoms with Crippen LogP contribution in [0.25, 0.3) is 11.1 Å². The van der Waals surface area contributed by atoms with Crippen molar-refractivity contribution in [2.24, 2.45) is 5.10 Å². The van der Waals surface area contributed by atoms with Crippen molar-refractivity contribution in [1.82, 2.24) is 10.3 Å². The topological polar surface area (TPSA) is 78.2 Å². The lowest BCUT2D eigenvalue weighted by Crippen LogP contribution is -2.48. The molecule has 1 N–H and O–H groups in total. The lowest BCUT2D eigenvalue weighted by atomic mass is 9.93. The normalized spacial score (nSPS) is 16.1. The van der Waals surface area contributed by atoms with Crippen molar-refractivity contribution in [2.75, 3.05) is 31.1 Å². The molecule has 3 aromatic carbocycles. The van der Waals surface area contributed by atoms with E-state index in [1.165, 1.54) is 5.69 Å². The molecule has 2 heterocycles. The van der Waals surface area contributed by atoms with Crippen LogP contribution in [-0.4, -0.2) is 48.6 Å². The fraction of sp³-hybridized carbons (Fsp3) is 0.242. The quantitative estimate of drug-likeness (QED) is 0.335. The van der Waals surface area contributed by atoms with Crippen LogP contribution in [0.5, 0.6) is 0 Å². The Labute approximate surface area is 234 Å². The van der Waals surface area contributed by atoms with E-state index in [1.54, 1.807) is 0 Å². The maximum Gasteiger partial charge on any atom is 0.289 e. The first-order chi connectivity index (χ1) is 19.6. The number of hydrogen-bond acceptors (Lipinski definition) is 5. The van der Waals surface area contributed by atoms with E-state index in [-0.39, 0.29) is 11.8 Å². The summed E-state index contributed by atoms with van der Waals surface area (Å²) < 4.78 is 6.14. The van der Waals surface area contributed by atoms with E-state index in [0.29, 0.717) is 30.8 Å². The third-order valence-corrected chi connectivity index (χ3v) is 7.75. The van der Waals surface area contributed by atoms with E-state index in [0.717, 1.165) is 59.7 Å². The minimum Gasteiger partial charge on any atom is -0.455 e. The minimum atomic E-state index is -0.270. The summed E-state index contributed by atoms with van der Waals surface area (Å²) in [4.78, 5) is 30.5. The summed E-state index contributed by atoms with van der Waals surface area (Å²) in [6, 6.07) is 27.8. The van der Waals surface area contributed by atoms with Crippen molar-refractivity contribution in [3.05, 3.63) is 113 Å². The first-order valence-electron chi connectivity index (χ1n) is 13.8. The zero-order valence-corrected chi connectivity index (χ0v) is 22.6. The molecule has 0 unspecified atom stereocenters. The van der Waals surface area contributed by atoms with Gasteiger partial charge in [0.1, 0.15) is 5.76 Å². The number of rotatable bonds is 5. The summed E-state index contributed by atoms with van der Waals surface area (Å²) >= 11 is 0. The maximum absolute atomic E-state index is 13.5. The number of anilines is 1. The van der Waals surface area contributed by atoms with Crippen LogP contribution in [0, 0.1) is 6.92 Å². The summed E-state index contributed by atoms with van der Waals surface area (Å²) in [5.74, 6) is 0.806. The van der Waals surface area contributed by atoms with Crippen LogP contribution >= 0.6 is 0 Å². The van der Waals surface area contributed by atoms with Crippen molar-refractivity contribution in [1.29, 1.82) is 0 Å². The van der Waals surface area contributed by atoms with Gasteiger partial charge in [0.2, 0.25) is 0 Å². The number of nitrogens with zero attached hydrogens (tertiary/aromatic N) is 3. The molecule has 0 spiro atoms. The first-order valence-corrected chi connectivity index (χ1v) is 13.8. The van der Waals surface area contributed by atoms with Gasteiger partial charge in [-0.25, -0.2) is 5.43 Å². The number of benzene rings is 3. The highest BCUT2D eigenvalue weighted by molar-refractivity contribution is 6.07. The van der Waals surface area contributed by atoms with Gasteiger partial charge in [0.25, 0.3) is 11.8 Å². The predicted molar refractivity (Wildman–Crippen MR) is 157 cm³/mol.